The molecule has 0 aromatic heterocycles. The van der Waals surface area contributed by atoms with Crippen molar-refractivity contribution in [1.82, 2.24) is 4.90 Å². The molecule has 2 aliphatic carbocycles. The molecule has 15 heteroatoms. The van der Waals surface area contributed by atoms with Gasteiger partial charge in [0.05, 0.1) is 42.7 Å². The molecule has 2 N–H and O–H groups in total. The first-order valence-electron chi connectivity index (χ1n) is 17.4. The van der Waals surface area contributed by atoms with Crippen LogP contribution in [0.2, 0.25) is 0 Å². The lowest BCUT2D eigenvalue weighted by atomic mass is 9.87. The third-order valence-electron chi connectivity index (χ3n) is 9.39. The Kier molecular flexibility index (Phi) is 17.0. The van der Waals surface area contributed by atoms with Gasteiger partial charge in [0.15, 0.2) is 23.0 Å². The first-order chi connectivity index (χ1) is 25.9. The minimum absolute atomic E-state index is 0.102. The van der Waals surface area contributed by atoms with Gasteiger partial charge in [-0.15, -0.1) is 0 Å². The fourth-order valence-electron chi connectivity index (χ4n) is 6.57. The summed E-state index contributed by atoms with van der Waals surface area (Å²) in [5.41, 5.74) is 1.48. The Morgan fingerprint density at radius 3 is 1.07 bits per heavy atom. The van der Waals surface area contributed by atoms with E-state index in [1.807, 2.05) is 0 Å². The van der Waals surface area contributed by atoms with E-state index in [1.165, 1.54) is 12.2 Å². The summed E-state index contributed by atoms with van der Waals surface area (Å²) >= 11 is 0. The highest BCUT2D eigenvalue weighted by atomic mass is 16.6. The smallest absolute Gasteiger partial charge is 0.414 e. The van der Waals surface area contributed by atoms with Gasteiger partial charge in [-0.05, 0) is 106 Å². The molecule has 4 rings (SSSR count). The predicted molar refractivity (Wildman–Crippen MR) is 198 cm³/mol. The molecule has 0 amide bonds. The lowest BCUT2D eigenvalue weighted by Gasteiger charge is -2.41. The normalized spacial score (nSPS) is 19.6. The molecule has 0 saturated heterocycles. The van der Waals surface area contributed by atoms with Gasteiger partial charge < -0.3 is 53.0 Å². The number of rotatable bonds is 14. The van der Waals surface area contributed by atoms with Crippen molar-refractivity contribution in [1.29, 1.82) is 0 Å². The van der Waals surface area contributed by atoms with Crippen LogP contribution in [0.3, 0.4) is 0 Å². The van der Waals surface area contributed by atoms with Gasteiger partial charge in [0.1, 0.15) is 12.2 Å². The number of methoxy groups -OCH3 is 6. The Morgan fingerprint density at radius 1 is 0.537 bits per heavy atom. The summed E-state index contributed by atoms with van der Waals surface area (Å²) in [5, 5.41) is 14.8. The minimum atomic E-state index is -1.82. The zero-order valence-electron chi connectivity index (χ0n) is 31.8. The van der Waals surface area contributed by atoms with Crippen LogP contribution >= 0.6 is 0 Å². The Labute approximate surface area is 315 Å². The first kappa shape index (κ1) is 43.0. The molecule has 15 nitrogen and oxygen atoms in total. The van der Waals surface area contributed by atoms with Crippen LogP contribution in [-0.2, 0) is 28.7 Å². The van der Waals surface area contributed by atoms with Gasteiger partial charge in [-0.2, -0.15) is 0 Å². The highest BCUT2D eigenvalue weighted by molar-refractivity contribution is 6.27. The van der Waals surface area contributed by atoms with Gasteiger partial charge in [-0.3, -0.25) is 0 Å². The van der Waals surface area contributed by atoms with Crippen molar-refractivity contribution in [2.75, 3.05) is 49.7 Å². The van der Waals surface area contributed by atoms with Crippen LogP contribution in [0.4, 0.5) is 0 Å². The van der Waals surface area contributed by atoms with E-state index >= 15 is 0 Å². The number of esters is 2. The number of nitrogens with zero attached hydrogens (tertiary/aromatic N) is 1. The van der Waals surface area contributed by atoms with Crippen molar-refractivity contribution < 1.29 is 67.3 Å². The number of carbonyl (C=O) groups excluding carboxylic acids is 2. The van der Waals surface area contributed by atoms with Crippen molar-refractivity contribution in [2.45, 2.75) is 75.7 Å². The molecule has 0 atom stereocenters. The third kappa shape index (κ3) is 12.3. The number of ether oxygens (including phenoxy) is 8. The summed E-state index contributed by atoms with van der Waals surface area (Å²) in [6.45, 7) is 0. The molecule has 2 fully saturated rings. The quantitative estimate of drug-likeness (QED) is 0.144. The summed E-state index contributed by atoms with van der Waals surface area (Å²) in [6, 6.07) is 7.97. The van der Waals surface area contributed by atoms with E-state index in [4.69, 9.17) is 57.7 Å². The second-order valence-electron chi connectivity index (χ2n) is 12.6. The lowest BCUT2D eigenvalue weighted by Crippen LogP contribution is -2.45. The Hall–Kier alpha value is -5.44. The zero-order chi connectivity index (χ0) is 39.8. The maximum Gasteiger partial charge on any atom is 0.414 e. The first-order valence-corrected chi connectivity index (χ1v) is 17.4. The van der Waals surface area contributed by atoms with E-state index in [0.717, 1.165) is 62.5 Å². The molecule has 2 saturated carbocycles. The minimum Gasteiger partial charge on any atom is -0.493 e. The van der Waals surface area contributed by atoms with Crippen LogP contribution in [-0.4, -0.2) is 113 Å². The molecule has 0 heterocycles. The predicted octanol–water partition coefficient (Wildman–Crippen LogP) is 5.26. The number of carboxylic acids is 2. The fraction of sp³-hybridized carbons (Fsp3) is 0.487. The topological polar surface area (TPSA) is 186 Å². The van der Waals surface area contributed by atoms with E-state index in [1.54, 1.807) is 79.1 Å². The van der Waals surface area contributed by atoms with Crippen LogP contribution in [0.1, 0.15) is 62.5 Å². The summed E-state index contributed by atoms with van der Waals surface area (Å²) in [7, 11) is 11.5. The van der Waals surface area contributed by atoms with E-state index in [0.29, 0.717) is 46.6 Å². The van der Waals surface area contributed by atoms with Gasteiger partial charge in [-0.25, -0.2) is 19.2 Å². The largest absolute Gasteiger partial charge is 0.493 e. The lowest BCUT2D eigenvalue weighted by molar-refractivity contribution is -0.159. The molecule has 0 aliphatic heterocycles. The molecule has 54 heavy (non-hydrogen) atoms. The molecule has 0 unspecified atom stereocenters. The third-order valence-corrected chi connectivity index (χ3v) is 9.39. The standard InChI is InChI=1S/C37H49NO10.C2H2O4/c1-38(26-10-14-28(15-11-26)47-34(39)18-8-24-20-30(41-2)36(45-6)31(21-24)42-3)27-12-16-29(17-13-27)48-35(40)19-9-25-22-32(43-4)37(46-7)33(23-25)44-5;3-1(4)2(5)6/h8-9,18-23,26-29H,10-17H2,1-7H3;(H,3,4)(H,5,6)/b18-8+,19-9+;. The van der Waals surface area contributed by atoms with E-state index in [9.17, 15) is 9.59 Å². The van der Waals surface area contributed by atoms with Crippen molar-refractivity contribution in [3.8, 4) is 34.5 Å². The van der Waals surface area contributed by atoms with E-state index < -0.39 is 11.9 Å². The highest BCUT2D eigenvalue weighted by Crippen LogP contribution is 2.40. The van der Waals surface area contributed by atoms with E-state index in [2.05, 4.69) is 11.9 Å². The summed E-state index contributed by atoms with van der Waals surface area (Å²) in [4.78, 5) is 45.9. The maximum absolute atomic E-state index is 12.6. The number of hydrogen-bond donors (Lipinski definition) is 2. The fourth-order valence-corrected chi connectivity index (χ4v) is 6.57. The second kappa shape index (κ2) is 21.3. The zero-order valence-corrected chi connectivity index (χ0v) is 31.8. The molecule has 296 valence electrons. The summed E-state index contributed by atoms with van der Waals surface area (Å²) in [6.07, 6.45) is 13.2. The Bertz CT molecular complexity index is 1470. The highest BCUT2D eigenvalue weighted by Gasteiger charge is 2.32. The number of aliphatic carboxylic acids is 2. The molecular formula is C39H51NO14. The van der Waals surface area contributed by atoms with Crippen molar-refractivity contribution in [3.63, 3.8) is 0 Å². The number of benzene rings is 2. The Balaban J connectivity index is 0.00000120. The van der Waals surface area contributed by atoms with Crippen LogP contribution in [0, 0.1) is 0 Å². The van der Waals surface area contributed by atoms with Crippen molar-refractivity contribution in [3.05, 3.63) is 47.5 Å². The molecule has 0 radical (unpaired) electrons. The van der Waals surface area contributed by atoms with Gasteiger partial charge in [0.25, 0.3) is 0 Å². The molecule has 0 bridgehead atoms. The maximum atomic E-state index is 12.6. The van der Waals surface area contributed by atoms with E-state index in [-0.39, 0.29) is 24.1 Å². The number of carboxylic acid groups (broad SMARTS) is 2. The number of carbonyl (C=O) groups is 4. The SMILES string of the molecule is COc1cc(/C=C/C(=O)OC2CCC(N(C)C3CCC(OC(=O)/C=C/c4cc(OC)c(OC)c(OC)c4)CC3)CC2)cc(OC)c1OC.O=C(O)C(=O)O. The van der Waals surface area contributed by atoms with Gasteiger partial charge in [0.2, 0.25) is 11.5 Å². The summed E-state index contributed by atoms with van der Waals surface area (Å²) in [5.74, 6) is -1.33. The van der Waals surface area contributed by atoms with Crippen LogP contribution in [0.5, 0.6) is 34.5 Å². The summed E-state index contributed by atoms with van der Waals surface area (Å²) < 4.78 is 43.8. The number of hydrogen-bond acceptors (Lipinski definition) is 13. The monoisotopic (exact) mass is 757 g/mol. The molecule has 2 aromatic carbocycles. The average Bonchev–Trinajstić information content (AvgIpc) is 3.18. The molecular weight excluding hydrogens is 706 g/mol. The van der Waals surface area contributed by atoms with Crippen molar-refractivity contribution in [2.24, 2.45) is 0 Å². The molecule has 2 aliphatic rings. The van der Waals surface area contributed by atoms with Crippen LogP contribution in [0.25, 0.3) is 12.2 Å². The van der Waals surface area contributed by atoms with Crippen LogP contribution < -0.4 is 28.4 Å². The molecule has 0 spiro atoms. The van der Waals surface area contributed by atoms with Gasteiger partial charge >= 0.3 is 23.9 Å². The average molecular weight is 758 g/mol. The van der Waals surface area contributed by atoms with Gasteiger partial charge in [-0.1, -0.05) is 0 Å². The molecule has 2 aromatic rings. The Morgan fingerprint density at radius 2 is 0.833 bits per heavy atom. The van der Waals surface area contributed by atoms with Crippen molar-refractivity contribution >= 4 is 36.0 Å². The van der Waals surface area contributed by atoms with Gasteiger partial charge in [0, 0.05) is 24.2 Å². The second-order valence-corrected chi connectivity index (χ2v) is 12.6. The van der Waals surface area contributed by atoms with Crippen LogP contribution in [0.15, 0.2) is 36.4 Å².